The molecule has 0 amide bonds. The van der Waals surface area contributed by atoms with Gasteiger partial charge in [-0.05, 0) is 38.6 Å². The molecule has 0 aliphatic carbocycles. The molecule has 8 aromatic carbocycles. The van der Waals surface area contributed by atoms with Crippen molar-refractivity contribution >= 4 is 50.0 Å². The van der Waals surface area contributed by atoms with E-state index in [1.165, 1.54) is 99.8 Å². The van der Waals surface area contributed by atoms with Gasteiger partial charge in [0.05, 0.1) is 0 Å². The van der Waals surface area contributed by atoms with E-state index in [1.54, 1.807) is 0 Å². The molecule has 0 atom stereocenters. The van der Waals surface area contributed by atoms with Gasteiger partial charge >= 0.3 is 30.2 Å². The molecule has 0 saturated carbocycles. The number of aryl methyl sites for hydroxylation is 1. The van der Waals surface area contributed by atoms with Gasteiger partial charge in [0.2, 0.25) is 0 Å². The van der Waals surface area contributed by atoms with Gasteiger partial charge in [0.1, 0.15) is 0 Å². The van der Waals surface area contributed by atoms with Crippen LogP contribution in [0.15, 0.2) is 146 Å². The molecule has 0 nitrogen and oxygen atoms in total. The third-order valence-corrected chi connectivity index (χ3v) is 8.63. The molecule has 0 spiro atoms. The fourth-order valence-electron chi connectivity index (χ4n) is 6.37. The van der Waals surface area contributed by atoms with Crippen molar-refractivity contribution in [3.8, 4) is 22.3 Å². The molecule has 0 unspecified atom stereocenters. The molecule has 2 radical (unpaired) electrons. The predicted octanol–water partition coefficient (Wildman–Crippen LogP) is 12.7. The van der Waals surface area contributed by atoms with Gasteiger partial charge in [0, 0.05) is 0 Å². The van der Waals surface area contributed by atoms with Crippen LogP contribution >= 0.6 is 0 Å². The Balaban J connectivity index is 0.000000191. The van der Waals surface area contributed by atoms with Crippen LogP contribution in [-0.2, 0) is 23.3 Å². The first kappa shape index (κ1) is 35.0. The minimum atomic E-state index is 0. The average Bonchev–Trinajstić information content (AvgIpc) is 3.75. The first-order valence-corrected chi connectivity index (χ1v) is 19.3. The molecule has 46 heavy (non-hydrogen) atoms. The second-order valence-corrected chi connectivity index (χ2v) is 11.6. The summed E-state index contributed by atoms with van der Waals surface area (Å²) in [6.07, 6.45) is 0. The molecule has 0 aliphatic rings. The molecule has 0 fully saturated rings. The molecule has 0 aromatic heterocycles. The van der Waals surface area contributed by atoms with E-state index in [-0.39, 0.29) is 14.9 Å². The average molecular weight is 688 g/mol. The SMILES string of the molecule is CC(C)c1cc2c(-c3cccc4ccccc34)cccc2[cH-]1.Cc1ccc(-c2cccc3ccccc23)c2cc[cH-]c12.[CH3-].[CH3-].[Si]=[Zr]. The van der Waals surface area contributed by atoms with Crippen LogP contribution in [0.5, 0.6) is 0 Å². The number of hydrogen-bond acceptors (Lipinski definition) is 0. The van der Waals surface area contributed by atoms with Crippen LogP contribution in [0.1, 0.15) is 30.9 Å². The fourth-order valence-corrected chi connectivity index (χ4v) is 6.37. The van der Waals surface area contributed by atoms with E-state index in [0.29, 0.717) is 5.92 Å². The van der Waals surface area contributed by atoms with E-state index in [1.807, 2.05) is 0 Å². The van der Waals surface area contributed by atoms with Crippen molar-refractivity contribution in [2.75, 3.05) is 0 Å². The van der Waals surface area contributed by atoms with Crippen LogP contribution < -0.4 is 0 Å². The van der Waals surface area contributed by atoms with Crippen LogP contribution in [0.2, 0.25) is 0 Å². The van der Waals surface area contributed by atoms with Crippen molar-refractivity contribution in [3.63, 3.8) is 0 Å². The fraction of sp³-hybridized carbons (Fsp3) is 0.0909. The van der Waals surface area contributed by atoms with Crippen LogP contribution in [-0.4, -0.2) is 6.88 Å². The molecular formula is C44H40SiZr-4. The molecule has 0 heterocycles. The number of rotatable bonds is 3. The quantitative estimate of drug-likeness (QED) is 0.128. The summed E-state index contributed by atoms with van der Waals surface area (Å²) in [5.74, 6) is 0.563. The Morgan fingerprint density at radius 2 is 1.04 bits per heavy atom. The van der Waals surface area contributed by atoms with Gasteiger partial charge in [-0.3, -0.25) is 0 Å². The summed E-state index contributed by atoms with van der Waals surface area (Å²) >= 11 is 1.36. The van der Waals surface area contributed by atoms with Gasteiger partial charge < -0.3 is 14.9 Å². The number of fused-ring (bicyclic) bond motifs is 4. The minimum absolute atomic E-state index is 0. The first-order chi connectivity index (χ1) is 21.6. The molecule has 2 heteroatoms. The summed E-state index contributed by atoms with van der Waals surface area (Å²) in [4.78, 5) is 0. The van der Waals surface area contributed by atoms with E-state index >= 15 is 0 Å². The molecular weight excluding hydrogens is 648 g/mol. The maximum atomic E-state index is 3.06. The molecule has 8 aromatic rings. The van der Waals surface area contributed by atoms with E-state index in [4.69, 9.17) is 0 Å². The summed E-state index contributed by atoms with van der Waals surface area (Å²) in [7, 11) is 0. The van der Waals surface area contributed by atoms with Crippen molar-refractivity contribution in [2.24, 2.45) is 0 Å². The maximum absolute atomic E-state index is 3.06. The molecule has 0 N–H and O–H groups in total. The number of hydrogen-bond donors (Lipinski definition) is 0. The van der Waals surface area contributed by atoms with E-state index in [9.17, 15) is 0 Å². The summed E-state index contributed by atoms with van der Waals surface area (Å²) in [6, 6.07) is 52.7. The van der Waals surface area contributed by atoms with Gasteiger partial charge in [-0.15, -0.1) is 63.0 Å². The molecule has 0 saturated heterocycles. The van der Waals surface area contributed by atoms with Crippen molar-refractivity contribution in [1.29, 1.82) is 0 Å². The Morgan fingerprint density at radius 3 is 1.63 bits per heavy atom. The van der Waals surface area contributed by atoms with Crippen molar-refractivity contribution in [1.82, 2.24) is 0 Å². The van der Waals surface area contributed by atoms with E-state index in [0.717, 1.165) is 0 Å². The third kappa shape index (κ3) is 6.80. The summed E-state index contributed by atoms with van der Waals surface area (Å²) in [6.45, 7) is 9.75. The van der Waals surface area contributed by atoms with Gasteiger partial charge in [-0.1, -0.05) is 129 Å². The normalized spacial score (nSPS) is 10.5. The van der Waals surface area contributed by atoms with Crippen LogP contribution in [0.4, 0.5) is 0 Å². The van der Waals surface area contributed by atoms with Gasteiger partial charge in [-0.25, -0.2) is 0 Å². The monoisotopic (exact) mass is 686 g/mol. The Labute approximate surface area is 292 Å². The third-order valence-electron chi connectivity index (χ3n) is 8.63. The molecule has 0 bridgehead atoms. The predicted molar refractivity (Wildman–Crippen MR) is 202 cm³/mol. The Hall–Kier alpha value is -3.84. The molecule has 228 valence electrons. The van der Waals surface area contributed by atoms with Crippen molar-refractivity contribution in [2.45, 2.75) is 26.7 Å². The van der Waals surface area contributed by atoms with E-state index < -0.39 is 0 Å². The zero-order chi connectivity index (χ0) is 30.6. The van der Waals surface area contributed by atoms with Gasteiger partial charge in [0.15, 0.2) is 0 Å². The van der Waals surface area contributed by atoms with Crippen LogP contribution in [0.3, 0.4) is 0 Å². The van der Waals surface area contributed by atoms with E-state index in [2.05, 4.69) is 173 Å². The molecule has 8 rings (SSSR count). The first-order valence-electron chi connectivity index (χ1n) is 15.1. The van der Waals surface area contributed by atoms with Crippen LogP contribution in [0.25, 0.3) is 65.3 Å². The second kappa shape index (κ2) is 15.6. The Bertz CT molecular complexity index is 2200. The zero-order valence-corrected chi connectivity index (χ0v) is 30.9. The van der Waals surface area contributed by atoms with Crippen molar-refractivity contribution < 1.29 is 23.3 Å². The topological polar surface area (TPSA) is 0 Å². The standard InChI is InChI=1S/C22H19.C20H15.2CH3.Si.Zr/c1-15(2)18-13-17-9-6-12-21(22(17)14-18)20-11-5-8-16-7-3-4-10-19(16)20;1-14-12-13-20(18-11-5-9-16(14)18)19-10-4-7-15-6-2-3-8-17(15)19;;;;/h3-15H,1-2H3;2-13H,1H3;2*1H3;;/q4*-1;;. The Kier molecular flexibility index (Phi) is 11.9. The zero-order valence-electron chi connectivity index (χ0n) is 27.4. The van der Waals surface area contributed by atoms with Crippen LogP contribution in [0, 0.1) is 21.8 Å². The Morgan fingerprint density at radius 1 is 0.543 bits per heavy atom. The summed E-state index contributed by atoms with van der Waals surface area (Å²) < 4.78 is 0. The summed E-state index contributed by atoms with van der Waals surface area (Å²) in [5, 5.41) is 10.7. The van der Waals surface area contributed by atoms with Gasteiger partial charge in [0.25, 0.3) is 0 Å². The molecule has 0 aliphatic heterocycles. The second-order valence-electron chi connectivity index (χ2n) is 11.6. The number of benzene rings is 6. The van der Waals surface area contributed by atoms with Crippen molar-refractivity contribution in [3.05, 3.63) is 172 Å². The van der Waals surface area contributed by atoms with Gasteiger partial charge in [-0.2, -0.15) is 18.2 Å². The summed E-state index contributed by atoms with van der Waals surface area (Å²) in [5.41, 5.74) is 8.06.